The summed E-state index contributed by atoms with van der Waals surface area (Å²) in [4.78, 5) is 19.8. The second-order valence-electron chi connectivity index (χ2n) is 5.68. The summed E-state index contributed by atoms with van der Waals surface area (Å²) >= 11 is 0. The van der Waals surface area contributed by atoms with E-state index in [1.54, 1.807) is 24.8 Å². The molecule has 3 aromatic heterocycles. The Morgan fingerprint density at radius 3 is 2.29 bits per heavy atom. The molecule has 0 aliphatic carbocycles. The minimum atomic E-state index is 0.650. The fourth-order valence-corrected chi connectivity index (χ4v) is 2.23. The van der Waals surface area contributed by atoms with Gasteiger partial charge in [-0.2, -0.15) is 0 Å². The van der Waals surface area contributed by atoms with Crippen LogP contribution in [0.5, 0.6) is 0 Å². The number of nitrogens with one attached hydrogen (secondary N) is 1. The molecule has 6 nitrogen and oxygen atoms in total. The Hall–Kier alpha value is -2.86. The van der Waals surface area contributed by atoms with Gasteiger partial charge in [-0.05, 0) is 38.4 Å². The van der Waals surface area contributed by atoms with Gasteiger partial charge in [-0.25, -0.2) is 9.97 Å². The molecule has 6 heteroatoms. The van der Waals surface area contributed by atoms with Crippen LogP contribution in [0, 0.1) is 0 Å². The van der Waals surface area contributed by atoms with Crippen LogP contribution >= 0.6 is 0 Å². The average molecular weight is 320 g/mol. The van der Waals surface area contributed by atoms with Crippen molar-refractivity contribution in [3.8, 4) is 22.6 Å². The van der Waals surface area contributed by atoms with Crippen molar-refractivity contribution in [1.29, 1.82) is 0 Å². The summed E-state index contributed by atoms with van der Waals surface area (Å²) in [5.41, 5.74) is 2.68. The Bertz CT molecular complexity index is 716. The number of pyridine rings is 2. The molecule has 3 rings (SSSR count). The lowest BCUT2D eigenvalue weighted by molar-refractivity contribution is 0.425. The van der Waals surface area contributed by atoms with Crippen molar-refractivity contribution in [3.63, 3.8) is 0 Å². The van der Waals surface area contributed by atoms with E-state index < -0.39 is 0 Å². The molecule has 24 heavy (non-hydrogen) atoms. The molecule has 0 atom stereocenters. The lowest BCUT2D eigenvalue weighted by Crippen LogP contribution is -2.21. The van der Waals surface area contributed by atoms with Crippen molar-refractivity contribution in [2.24, 2.45) is 0 Å². The van der Waals surface area contributed by atoms with Gasteiger partial charge in [0.15, 0.2) is 5.82 Å². The lowest BCUT2D eigenvalue weighted by atomic mass is 10.2. The van der Waals surface area contributed by atoms with Crippen LogP contribution in [0.4, 0.5) is 5.82 Å². The van der Waals surface area contributed by atoms with E-state index in [-0.39, 0.29) is 0 Å². The highest BCUT2D eigenvalue weighted by Crippen LogP contribution is 2.23. The van der Waals surface area contributed by atoms with Crippen molar-refractivity contribution in [3.05, 3.63) is 55.1 Å². The molecule has 0 aliphatic heterocycles. The summed E-state index contributed by atoms with van der Waals surface area (Å²) in [6.07, 6.45) is 7.07. The molecule has 0 fully saturated rings. The highest BCUT2D eigenvalue weighted by atomic mass is 15.1. The van der Waals surface area contributed by atoms with E-state index in [0.717, 1.165) is 35.7 Å². The zero-order valence-corrected chi connectivity index (χ0v) is 13.8. The van der Waals surface area contributed by atoms with Gasteiger partial charge in [0, 0.05) is 55.1 Å². The van der Waals surface area contributed by atoms with Crippen LogP contribution in [-0.4, -0.2) is 52.0 Å². The van der Waals surface area contributed by atoms with E-state index in [4.69, 9.17) is 0 Å². The maximum absolute atomic E-state index is 4.68. The summed E-state index contributed by atoms with van der Waals surface area (Å²) < 4.78 is 0. The number of aromatic nitrogens is 4. The molecule has 0 aliphatic rings. The molecule has 0 aromatic carbocycles. The molecule has 0 bridgehead atoms. The number of hydrogen-bond acceptors (Lipinski definition) is 6. The van der Waals surface area contributed by atoms with E-state index in [9.17, 15) is 0 Å². The van der Waals surface area contributed by atoms with E-state index in [1.807, 2.05) is 44.4 Å². The molecule has 0 spiro atoms. The Kier molecular flexibility index (Phi) is 5.08. The third-order valence-corrected chi connectivity index (χ3v) is 3.47. The molecule has 0 unspecified atom stereocenters. The highest BCUT2D eigenvalue weighted by Gasteiger charge is 2.09. The van der Waals surface area contributed by atoms with Gasteiger partial charge in [-0.15, -0.1) is 0 Å². The van der Waals surface area contributed by atoms with Crippen molar-refractivity contribution in [2.75, 3.05) is 32.5 Å². The fraction of sp³-hybridized carbons (Fsp3) is 0.222. The summed E-state index contributed by atoms with van der Waals surface area (Å²) in [6.45, 7) is 1.73. The second-order valence-corrected chi connectivity index (χ2v) is 5.68. The smallest absolute Gasteiger partial charge is 0.163 e. The Labute approximate surface area is 141 Å². The van der Waals surface area contributed by atoms with Crippen LogP contribution in [0.1, 0.15) is 0 Å². The molecular weight excluding hydrogens is 300 g/mol. The maximum atomic E-state index is 4.68. The van der Waals surface area contributed by atoms with Crippen molar-refractivity contribution in [2.45, 2.75) is 0 Å². The van der Waals surface area contributed by atoms with E-state index in [1.165, 1.54) is 0 Å². The molecule has 0 amide bonds. The van der Waals surface area contributed by atoms with Crippen molar-refractivity contribution < 1.29 is 0 Å². The number of rotatable bonds is 6. The van der Waals surface area contributed by atoms with Gasteiger partial charge in [-0.1, -0.05) is 0 Å². The molecule has 3 heterocycles. The molecule has 3 aromatic rings. The minimum absolute atomic E-state index is 0.650. The van der Waals surface area contributed by atoms with Gasteiger partial charge in [0.2, 0.25) is 0 Å². The SMILES string of the molecule is CN(C)CCNc1cc(-c2cccnc2)nc(-c2cccnc2)n1. The molecular formula is C18H20N6. The first kappa shape index (κ1) is 16.0. The van der Waals surface area contributed by atoms with Crippen molar-refractivity contribution in [1.82, 2.24) is 24.8 Å². The number of hydrogen-bond donors (Lipinski definition) is 1. The van der Waals surface area contributed by atoms with E-state index in [2.05, 4.69) is 30.2 Å². The number of likely N-dealkylation sites (N-methyl/N-ethyl adjacent to an activating group) is 1. The Balaban J connectivity index is 1.96. The third kappa shape index (κ3) is 4.11. The molecule has 1 N–H and O–H groups in total. The molecule has 0 saturated heterocycles. The fourth-order valence-electron chi connectivity index (χ4n) is 2.23. The van der Waals surface area contributed by atoms with Gasteiger partial charge < -0.3 is 10.2 Å². The zero-order chi connectivity index (χ0) is 16.8. The standard InChI is InChI=1S/C18H20N6/c1-24(2)10-9-21-17-11-16(14-5-3-7-19-12-14)22-18(23-17)15-6-4-8-20-13-15/h3-8,11-13H,9-10H2,1-2H3,(H,21,22,23). The van der Waals surface area contributed by atoms with Crippen LogP contribution in [-0.2, 0) is 0 Å². The van der Waals surface area contributed by atoms with Crippen LogP contribution in [0.2, 0.25) is 0 Å². The van der Waals surface area contributed by atoms with Gasteiger partial charge in [0.05, 0.1) is 5.69 Å². The summed E-state index contributed by atoms with van der Waals surface area (Å²) in [5, 5.41) is 3.36. The van der Waals surface area contributed by atoms with Crippen molar-refractivity contribution >= 4 is 5.82 Å². The molecule has 0 radical (unpaired) electrons. The van der Waals surface area contributed by atoms with Crippen LogP contribution < -0.4 is 5.32 Å². The average Bonchev–Trinajstić information content (AvgIpc) is 2.63. The molecule has 122 valence electrons. The highest BCUT2D eigenvalue weighted by molar-refractivity contribution is 5.66. The number of anilines is 1. The van der Waals surface area contributed by atoms with Gasteiger partial charge in [-0.3, -0.25) is 9.97 Å². The Morgan fingerprint density at radius 2 is 1.67 bits per heavy atom. The minimum Gasteiger partial charge on any atom is -0.369 e. The van der Waals surface area contributed by atoms with E-state index in [0.29, 0.717) is 5.82 Å². The first-order valence-electron chi connectivity index (χ1n) is 7.81. The van der Waals surface area contributed by atoms with Gasteiger partial charge in [0.25, 0.3) is 0 Å². The van der Waals surface area contributed by atoms with Gasteiger partial charge >= 0.3 is 0 Å². The topological polar surface area (TPSA) is 66.8 Å². The number of nitrogens with zero attached hydrogens (tertiary/aromatic N) is 5. The third-order valence-electron chi connectivity index (χ3n) is 3.47. The monoisotopic (exact) mass is 320 g/mol. The van der Waals surface area contributed by atoms with E-state index >= 15 is 0 Å². The lowest BCUT2D eigenvalue weighted by Gasteiger charge is -2.12. The normalized spacial score (nSPS) is 10.8. The first-order chi connectivity index (χ1) is 11.7. The second kappa shape index (κ2) is 7.61. The Morgan fingerprint density at radius 1 is 0.958 bits per heavy atom. The van der Waals surface area contributed by atoms with Gasteiger partial charge in [0.1, 0.15) is 5.82 Å². The first-order valence-corrected chi connectivity index (χ1v) is 7.81. The summed E-state index contributed by atoms with van der Waals surface area (Å²) in [6, 6.07) is 9.69. The summed E-state index contributed by atoms with van der Waals surface area (Å²) in [5.74, 6) is 1.45. The largest absolute Gasteiger partial charge is 0.369 e. The van der Waals surface area contributed by atoms with Crippen LogP contribution in [0.25, 0.3) is 22.6 Å². The predicted molar refractivity (Wildman–Crippen MR) is 95.5 cm³/mol. The maximum Gasteiger partial charge on any atom is 0.163 e. The predicted octanol–water partition coefficient (Wildman–Crippen LogP) is 2.57. The van der Waals surface area contributed by atoms with Crippen LogP contribution in [0.3, 0.4) is 0 Å². The quantitative estimate of drug-likeness (QED) is 0.753. The van der Waals surface area contributed by atoms with Crippen LogP contribution in [0.15, 0.2) is 55.1 Å². The summed E-state index contributed by atoms with van der Waals surface area (Å²) in [7, 11) is 4.09. The zero-order valence-electron chi connectivity index (χ0n) is 13.8. The molecule has 0 saturated carbocycles.